The molecule has 156 valence electrons. The topological polar surface area (TPSA) is 88.9 Å². The molecule has 0 fully saturated rings. The first-order chi connectivity index (χ1) is 14.2. The van der Waals surface area contributed by atoms with E-state index in [-0.39, 0.29) is 16.9 Å². The molecule has 0 aliphatic rings. The van der Waals surface area contributed by atoms with E-state index in [2.05, 4.69) is 31.6 Å². The highest BCUT2D eigenvalue weighted by Gasteiger charge is 2.28. The predicted octanol–water partition coefficient (Wildman–Crippen LogP) is 3.88. The summed E-state index contributed by atoms with van der Waals surface area (Å²) in [5.74, 6) is -1.61. The van der Waals surface area contributed by atoms with Crippen LogP contribution in [0.15, 0.2) is 53.0 Å². The Morgan fingerprint density at radius 1 is 1.10 bits per heavy atom. The third kappa shape index (κ3) is 5.03. The van der Waals surface area contributed by atoms with E-state index in [4.69, 9.17) is 0 Å². The van der Waals surface area contributed by atoms with Gasteiger partial charge in [-0.25, -0.2) is 4.68 Å². The number of halogens is 4. The van der Waals surface area contributed by atoms with Crippen LogP contribution in [0.25, 0.3) is 5.69 Å². The highest BCUT2D eigenvalue weighted by molar-refractivity contribution is 9.10. The van der Waals surface area contributed by atoms with Crippen molar-refractivity contribution in [3.05, 3.63) is 70.0 Å². The fourth-order valence-electron chi connectivity index (χ4n) is 2.64. The van der Waals surface area contributed by atoms with Crippen molar-refractivity contribution in [3.63, 3.8) is 0 Å². The second-order valence-corrected chi connectivity index (χ2v) is 7.13. The van der Waals surface area contributed by atoms with E-state index in [9.17, 15) is 22.8 Å². The number of para-hydroxylation sites is 1. The Labute approximate surface area is 177 Å². The fraction of sp³-hybridized carbons (Fsp3) is 0.158. The molecule has 0 unspecified atom stereocenters. The number of aromatic nitrogens is 3. The van der Waals surface area contributed by atoms with Crippen molar-refractivity contribution in [2.75, 3.05) is 11.9 Å². The van der Waals surface area contributed by atoms with Crippen molar-refractivity contribution in [1.82, 2.24) is 20.3 Å². The average Bonchev–Trinajstić information content (AvgIpc) is 3.07. The summed E-state index contributed by atoms with van der Waals surface area (Å²) in [4.78, 5) is 24.8. The third-order valence-corrected chi connectivity index (χ3v) is 4.52. The van der Waals surface area contributed by atoms with E-state index in [0.717, 1.165) is 4.47 Å². The fourth-order valence-corrected chi connectivity index (χ4v) is 3.03. The summed E-state index contributed by atoms with van der Waals surface area (Å²) in [7, 11) is 0. The summed E-state index contributed by atoms with van der Waals surface area (Å²) >= 11 is 3.36. The second kappa shape index (κ2) is 8.66. The van der Waals surface area contributed by atoms with Gasteiger partial charge < -0.3 is 10.6 Å². The zero-order valence-electron chi connectivity index (χ0n) is 15.5. The van der Waals surface area contributed by atoms with E-state index < -0.39 is 24.5 Å². The minimum Gasteiger partial charge on any atom is -0.343 e. The first-order valence-corrected chi connectivity index (χ1v) is 9.38. The molecular weight excluding hydrogens is 467 g/mol. The Kier molecular flexibility index (Phi) is 6.20. The van der Waals surface area contributed by atoms with Gasteiger partial charge in [0, 0.05) is 4.47 Å². The van der Waals surface area contributed by atoms with Gasteiger partial charge >= 0.3 is 6.18 Å². The van der Waals surface area contributed by atoms with Crippen molar-refractivity contribution >= 4 is 33.4 Å². The van der Waals surface area contributed by atoms with Gasteiger partial charge in [-0.1, -0.05) is 39.3 Å². The van der Waals surface area contributed by atoms with E-state index in [1.54, 1.807) is 36.5 Å². The molecule has 2 aromatic carbocycles. The van der Waals surface area contributed by atoms with Gasteiger partial charge in [0.05, 0.1) is 22.6 Å². The van der Waals surface area contributed by atoms with E-state index in [1.807, 2.05) is 6.07 Å². The Hall–Kier alpha value is -3.21. The zero-order chi connectivity index (χ0) is 21.9. The summed E-state index contributed by atoms with van der Waals surface area (Å²) in [6.45, 7) is 0.173. The van der Waals surface area contributed by atoms with Gasteiger partial charge in [-0.3, -0.25) is 9.59 Å². The summed E-state index contributed by atoms with van der Waals surface area (Å²) in [6, 6.07) is 13.0. The quantitative estimate of drug-likeness (QED) is 0.578. The van der Waals surface area contributed by atoms with Crippen molar-refractivity contribution in [3.8, 4) is 5.69 Å². The number of nitrogens with zero attached hydrogens (tertiary/aromatic N) is 3. The van der Waals surface area contributed by atoms with Crippen molar-refractivity contribution < 1.29 is 22.8 Å². The van der Waals surface area contributed by atoms with Crippen LogP contribution in [-0.2, 0) is 0 Å². The van der Waals surface area contributed by atoms with Crippen molar-refractivity contribution in [2.24, 2.45) is 0 Å². The Bertz CT molecular complexity index is 1100. The lowest BCUT2D eigenvalue weighted by Crippen LogP contribution is -2.34. The summed E-state index contributed by atoms with van der Waals surface area (Å²) in [5.41, 5.74) is 1.09. The number of alkyl halides is 3. The molecule has 11 heteroatoms. The van der Waals surface area contributed by atoms with E-state index >= 15 is 0 Å². The van der Waals surface area contributed by atoms with Gasteiger partial charge in [-0.15, -0.1) is 5.10 Å². The van der Waals surface area contributed by atoms with Crippen LogP contribution < -0.4 is 10.6 Å². The van der Waals surface area contributed by atoms with Crippen LogP contribution in [0.1, 0.15) is 26.5 Å². The molecule has 1 heterocycles. The molecule has 0 aliphatic carbocycles. The Morgan fingerprint density at radius 3 is 2.53 bits per heavy atom. The minimum atomic E-state index is -4.55. The van der Waals surface area contributed by atoms with Crippen molar-refractivity contribution in [1.29, 1.82) is 0 Å². The van der Waals surface area contributed by atoms with Crippen LogP contribution >= 0.6 is 15.9 Å². The maximum Gasteiger partial charge on any atom is 0.405 e. The highest BCUT2D eigenvalue weighted by Crippen LogP contribution is 2.20. The molecular formula is C19H15BrF3N5O2. The third-order valence-electron chi connectivity index (χ3n) is 4.03. The van der Waals surface area contributed by atoms with Gasteiger partial charge in [-0.2, -0.15) is 13.2 Å². The number of rotatable bonds is 5. The molecule has 2 amide bonds. The van der Waals surface area contributed by atoms with E-state index in [0.29, 0.717) is 11.4 Å². The monoisotopic (exact) mass is 481 g/mol. The standard InChI is InChI=1S/C19H15BrF3N5O2/c1-11-16(26-27-28(11)13-6-4-5-12(20)9-13)18(30)25-15-8-3-2-7-14(15)17(29)24-10-19(21,22)23/h2-9H,10H2,1H3,(H,24,29)(H,25,30). The zero-order valence-corrected chi connectivity index (χ0v) is 17.1. The van der Waals surface area contributed by atoms with E-state index in [1.165, 1.54) is 22.9 Å². The SMILES string of the molecule is Cc1c(C(=O)Nc2ccccc2C(=O)NCC(F)(F)F)nnn1-c1cccc(Br)c1. The van der Waals surface area contributed by atoms with Gasteiger partial charge in [0.1, 0.15) is 6.54 Å². The number of nitrogens with one attached hydrogen (secondary N) is 2. The van der Waals surface area contributed by atoms with Crippen LogP contribution in [0.5, 0.6) is 0 Å². The molecule has 30 heavy (non-hydrogen) atoms. The second-order valence-electron chi connectivity index (χ2n) is 6.21. The Balaban J connectivity index is 1.81. The highest BCUT2D eigenvalue weighted by atomic mass is 79.9. The molecule has 0 bridgehead atoms. The maximum atomic E-state index is 12.7. The summed E-state index contributed by atoms with van der Waals surface area (Å²) < 4.78 is 39.4. The van der Waals surface area contributed by atoms with Crippen LogP contribution in [0.3, 0.4) is 0 Å². The molecule has 0 saturated carbocycles. The molecule has 2 N–H and O–H groups in total. The predicted molar refractivity (Wildman–Crippen MR) is 107 cm³/mol. The van der Waals surface area contributed by atoms with Gasteiger partial charge in [0.25, 0.3) is 11.8 Å². The smallest absolute Gasteiger partial charge is 0.343 e. The molecule has 0 saturated heterocycles. The number of carbonyl (C=O) groups is 2. The largest absolute Gasteiger partial charge is 0.405 e. The molecule has 0 aliphatic heterocycles. The number of hydrogen-bond acceptors (Lipinski definition) is 4. The van der Waals surface area contributed by atoms with Crippen molar-refractivity contribution in [2.45, 2.75) is 13.1 Å². The lowest BCUT2D eigenvalue weighted by Gasteiger charge is -2.12. The molecule has 3 rings (SSSR count). The van der Waals surface area contributed by atoms with Crippen LogP contribution in [0, 0.1) is 6.92 Å². The average molecular weight is 482 g/mol. The number of carbonyl (C=O) groups excluding carboxylic acids is 2. The van der Waals surface area contributed by atoms with Crippen LogP contribution in [-0.4, -0.2) is 39.5 Å². The Morgan fingerprint density at radius 2 is 1.83 bits per heavy atom. The lowest BCUT2D eigenvalue weighted by atomic mass is 10.1. The molecule has 1 aromatic heterocycles. The molecule has 0 atom stereocenters. The summed E-state index contributed by atoms with van der Waals surface area (Å²) in [6.07, 6.45) is -4.55. The van der Waals surface area contributed by atoms with Gasteiger partial charge in [-0.05, 0) is 37.3 Å². The number of benzene rings is 2. The first-order valence-electron chi connectivity index (χ1n) is 8.59. The molecule has 7 nitrogen and oxygen atoms in total. The van der Waals surface area contributed by atoms with Gasteiger partial charge in [0.15, 0.2) is 5.69 Å². The number of anilines is 1. The lowest BCUT2D eigenvalue weighted by molar-refractivity contribution is -0.123. The summed E-state index contributed by atoms with van der Waals surface area (Å²) in [5, 5.41) is 12.2. The van der Waals surface area contributed by atoms with Crippen LogP contribution in [0.2, 0.25) is 0 Å². The first kappa shape index (κ1) is 21.5. The molecule has 3 aromatic rings. The minimum absolute atomic E-state index is 0.0143. The number of amides is 2. The number of hydrogen-bond donors (Lipinski definition) is 2. The van der Waals surface area contributed by atoms with Crippen LogP contribution in [0.4, 0.5) is 18.9 Å². The van der Waals surface area contributed by atoms with Gasteiger partial charge in [0.2, 0.25) is 0 Å². The molecule has 0 spiro atoms. The normalized spacial score (nSPS) is 11.2. The molecule has 0 radical (unpaired) electrons. The maximum absolute atomic E-state index is 12.7.